The summed E-state index contributed by atoms with van der Waals surface area (Å²) in [6.45, 7) is 1.96. The molecule has 1 aliphatic heterocycles. The SMILES string of the molecule is Cc1ccc(C#N)cc1NC(=O)CCN1C(=O)C2CCCCC2C1=O. The number of carbonyl (C=O) groups is 3. The van der Waals surface area contributed by atoms with Crippen LogP contribution in [0.25, 0.3) is 0 Å². The number of aryl methyl sites for hydroxylation is 1. The van der Waals surface area contributed by atoms with Gasteiger partial charge in [-0.1, -0.05) is 18.9 Å². The lowest BCUT2D eigenvalue weighted by atomic mass is 9.81. The lowest BCUT2D eigenvalue weighted by Crippen LogP contribution is -2.34. The minimum atomic E-state index is -0.270. The van der Waals surface area contributed by atoms with Crippen molar-refractivity contribution in [2.45, 2.75) is 39.0 Å². The Bertz CT molecular complexity index is 742. The summed E-state index contributed by atoms with van der Waals surface area (Å²) in [6.07, 6.45) is 3.59. The summed E-state index contributed by atoms with van der Waals surface area (Å²) in [5.41, 5.74) is 1.90. The van der Waals surface area contributed by atoms with Gasteiger partial charge in [0.1, 0.15) is 0 Å². The van der Waals surface area contributed by atoms with E-state index < -0.39 is 0 Å². The minimum absolute atomic E-state index is 0.0626. The molecule has 6 nitrogen and oxygen atoms in total. The number of nitrogens with zero attached hydrogens (tertiary/aromatic N) is 2. The standard InChI is InChI=1S/C19H21N3O3/c1-12-6-7-13(11-20)10-16(12)21-17(23)8-9-22-18(24)14-4-2-3-5-15(14)19(22)25/h6-7,10,14-15H,2-5,8-9H2,1H3,(H,21,23). The Balaban J connectivity index is 1.60. The van der Waals surface area contributed by atoms with Gasteiger partial charge in [-0.25, -0.2) is 0 Å². The summed E-state index contributed by atoms with van der Waals surface area (Å²) in [4.78, 5) is 38.3. The van der Waals surface area contributed by atoms with Gasteiger partial charge in [0.05, 0.1) is 23.5 Å². The average Bonchev–Trinajstić information content (AvgIpc) is 2.86. The van der Waals surface area contributed by atoms with Crippen LogP contribution in [-0.2, 0) is 14.4 Å². The highest BCUT2D eigenvalue weighted by atomic mass is 16.2. The number of rotatable bonds is 4. The van der Waals surface area contributed by atoms with Crippen molar-refractivity contribution < 1.29 is 14.4 Å². The van der Waals surface area contributed by atoms with Crippen molar-refractivity contribution >= 4 is 23.4 Å². The number of nitrogens with one attached hydrogen (secondary N) is 1. The van der Waals surface area contributed by atoms with Gasteiger partial charge in [-0.15, -0.1) is 0 Å². The minimum Gasteiger partial charge on any atom is -0.326 e. The van der Waals surface area contributed by atoms with Crippen molar-refractivity contribution in [2.24, 2.45) is 11.8 Å². The molecule has 0 radical (unpaired) electrons. The molecule has 6 heteroatoms. The summed E-state index contributed by atoms with van der Waals surface area (Å²) in [5.74, 6) is -0.873. The number of fused-ring (bicyclic) bond motifs is 1. The third-order valence-electron chi connectivity index (χ3n) is 5.14. The van der Waals surface area contributed by atoms with Crippen molar-refractivity contribution in [3.63, 3.8) is 0 Å². The first-order chi connectivity index (χ1) is 12.0. The van der Waals surface area contributed by atoms with E-state index in [4.69, 9.17) is 5.26 Å². The fourth-order valence-electron chi connectivity index (χ4n) is 3.70. The van der Waals surface area contributed by atoms with Gasteiger partial charge in [0.2, 0.25) is 17.7 Å². The lowest BCUT2D eigenvalue weighted by molar-refractivity contribution is -0.140. The monoisotopic (exact) mass is 339 g/mol. The van der Waals surface area contributed by atoms with Crippen LogP contribution >= 0.6 is 0 Å². The van der Waals surface area contributed by atoms with Gasteiger partial charge in [-0.3, -0.25) is 19.3 Å². The second-order valence-corrected chi connectivity index (χ2v) is 6.77. The smallest absolute Gasteiger partial charge is 0.233 e. The van der Waals surface area contributed by atoms with Gasteiger partial charge >= 0.3 is 0 Å². The fraction of sp³-hybridized carbons (Fsp3) is 0.474. The zero-order valence-corrected chi connectivity index (χ0v) is 14.2. The van der Waals surface area contributed by atoms with Crippen LogP contribution in [0, 0.1) is 30.1 Å². The van der Waals surface area contributed by atoms with Crippen LogP contribution in [0.1, 0.15) is 43.2 Å². The van der Waals surface area contributed by atoms with E-state index in [2.05, 4.69) is 5.32 Å². The third-order valence-corrected chi connectivity index (χ3v) is 5.14. The molecule has 2 aliphatic rings. The Morgan fingerprint density at radius 1 is 1.24 bits per heavy atom. The summed E-state index contributed by atoms with van der Waals surface area (Å²) in [6, 6.07) is 7.11. The second kappa shape index (κ2) is 7.06. The van der Waals surface area contributed by atoms with Gasteiger partial charge in [0, 0.05) is 18.7 Å². The Labute approximate surface area is 146 Å². The highest BCUT2D eigenvalue weighted by Gasteiger charge is 2.47. The van der Waals surface area contributed by atoms with Crippen LogP contribution in [0.15, 0.2) is 18.2 Å². The summed E-state index contributed by atoms with van der Waals surface area (Å²) >= 11 is 0. The predicted octanol–water partition coefficient (Wildman–Crippen LogP) is 2.37. The quantitative estimate of drug-likeness (QED) is 0.853. The van der Waals surface area contributed by atoms with E-state index in [0.717, 1.165) is 31.2 Å². The topological polar surface area (TPSA) is 90.3 Å². The van der Waals surface area contributed by atoms with Gasteiger partial charge in [0.25, 0.3) is 0 Å². The van der Waals surface area contributed by atoms with E-state index >= 15 is 0 Å². The molecule has 1 aromatic carbocycles. The highest BCUT2D eigenvalue weighted by molar-refractivity contribution is 6.05. The molecule has 130 valence electrons. The molecule has 1 saturated carbocycles. The maximum absolute atomic E-state index is 12.4. The molecule has 1 aliphatic carbocycles. The van der Waals surface area contributed by atoms with Crippen molar-refractivity contribution in [1.82, 2.24) is 4.90 Å². The molecule has 0 aromatic heterocycles. The Morgan fingerprint density at radius 3 is 2.48 bits per heavy atom. The number of nitriles is 1. The van der Waals surface area contributed by atoms with Gasteiger partial charge < -0.3 is 5.32 Å². The van der Waals surface area contributed by atoms with Crippen LogP contribution in [0.4, 0.5) is 5.69 Å². The first kappa shape index (κ1) is 17.2. The molecule has 1 saturated heterocycles. The fourth-order valence-corrected chi connectivity index (χ4v) is 3.70. The van der Waals surface area contributed by atoms with E-state index in [1.54, 1.807) is 18.2 Å². The van der Waals surface area contributed by atoms with Crippen molar-refractivity contribution in [3.05, 3.63) is 29.3 Å². The van der Waals surface area contributed by atoms with E-state index in [-0.39, 0.29) is 42.5 Å². The molecule has 2 unspecified atom stereocenters. The number of hydrogen-bond acceptors (Lipinski definition) is 4. The Hall–Kier alpha value is -2.68. The lowest BCUT2D eigenvalue weighted by Gasteiger charge is -2.19. The van der Waals surface area contributed by atoms with Crippen molar-refractivity contribution in [2.75, 3.05) is 11.9 Å². The van der Waals surface area contributed by atoms with E-state index in [1.807, 2.05) is 13.0 Å². The van der Waals surface area contributed by atoms with Crippen LogP contribution in [0.3, 0.4) is 0 Å². The normalized spacial score (nSPS) is 22.5. The van der Waals surface area contributed by atoms with E-state index in [9.17, 15) is 14.4 Å². The number of likely N-dealkylation sites (tertiary alicyclic amines) is 1. The Morgan fingerprint density at radius 2 is 1.88 bits per heavy atom. The molecule has 0 spiro atoms. The average molecular weight is 339 g/mol. The van der Waals surface area contributed by atoms with E-state index in [0.29, 0.717) is 11.3 Å². The Kier molecular flexibility index (Phi) is 4.84. The van der Waals surface area contributed by atoms with Gasteiger partial charge in [0.15, 0.2) is 0 Å². The molecule has 3 amide bonds. The van der Waals surface area contributed by atoms with Gasteiger partial charge in [-0.05, 0) is 37.5 Å². The zero-order valence-electron chi connectivity index (χ0n) is 14.2. The first-order valence-corrected chi connectivity index (χ1v) is 8.67. The molecule has 2 fully saturated rings. The molecule has 1 aromatic rings. The molecule has 25 heavy (non-hydrogen) atoms. The number of imide groups is 1. The van der Waals surface area contributed by atoms with Crippen molar-refractivity contribution in [1.29, 1.82) is 5.26 Å². The highest BCUT2D eigenvalue weighted by Crippen LogP contribution is 2.37. The molecule has 1 heterocycles. The third kappa shape index (κ3) is 3.41. The molecular weight excluding hydrogens is 318 g/mol. The number of amides is 3. The number of hydrogen-bond donors (Lipinski definition) is 1. The molecule has 2 atom stereocenters. The first-order valence-electron chi connectivity index (χ1n) is 8.67. The predicted molar refractivity (Wildman–Crippen MR) is 91.3 cm³/mol. The molecular formula is C19H21N3O3. The van der Waals surface area contributed by atoms with Crippen LogP contribution < -0.4 is 5.32 Å². The number of benzene rings is 1. The summed E-state index contributed by atoms with van der Waals surface area (Å²) < 4.78 is 0. The molecule has 1 N–H and O–H groups in total. The zero-order chi connectivity index (χ0) is 18.0. The molecule has 3 rings (SSSR count). The largest absolute Gasteiger partial charge is 0.326 e. The number of anilines is 1. The second-order valence-electron chi connectivity index (χ2n) is 6.77. The molecule has 0 bridgehead atoms. The van der Waals surface area contributed by atoms with Crippen LogP contribution in [0.2, 0.25) is 0 Å². The maximum atomic E-state index is 12.4. The summed E-state index contributed by atoms with van der Waals surface area (Å²) in [7, 11) is 0. The maximum Gasteiger partial charge on any atom is 0.233 e. The van der Waals surface area contributed by atoms with Gasteiger partial charge in [-0.2, -0.15) is 5.26 Å². The van der Waals surface area contributed by atoms with E-state index in [1.165, 1.54) is 4.90 Å². The number of carbonyl (C=O) groups excluding carboxylic acids is 3. The van der Waals surface area contributed by atoms with Crippen LogP contribution in [-0.4, -0.2) is 29.2 Å². The summed E-state index contributed by atoms with van der Waals surface area (Å²) in [5, 5.41) is 11.7. The van der Waals surface area contributed by atoms with Crippen molar-refractivity contribution in [3.8, 4) is 6.07 Å². The van der Waals surface area contributed by atoms with Crippen LogP contribution in [0.5, 0.6) is 0 Å².